The molecule has 1 heterocycles. The van der Waals surface area contributed by atoms with Crippen molar-refractivity contribution in [3.63, 3.8) is 0 Å². The zero-order valence-electron chi connectivity index (χ0n) is 11.3. The molecule has 0 fully saturated rings. The van der Waals surface area contributed by atoms with Gasteiger partial charge < -0.3 is 10.5 Å². The lowest BCUT2D eigenvalue weighted by Crippen LogP contribution is -2.22. The fourth-order valence-corrected chi connectivity index (χ4v) is 3.87. The molecule has 0 aromatic heterocycles. The Morgan fingerprint density at radius 1 is 1.30 bits per heavy atom. The molecule has 20 heavy (non-hydrogen) atoms. The highest BCUT2D eigenvalue weighted by atomic mass is 32.2. The molecule has 2 atom stereocenters. The lowest BCUT2D eigenvalue weighted by atomic mass is 10.1. The number of benzene rings is 2. The molecule has 2 unspecified atom stereocenters. The molecule has 0 saturated heterocycles. The van der Waals surface area contributed by atoms with Crippen molar-refractivity contribution in [2.75, 3.05) is 11.5 Å². The predicted octanol–water partition coefficient (Wildman–Crippen LogP) is 2.69. The number of rotatable bonds is 3. The summed E-state index contributed by atoms with van der Waals surface area (Å²) in [6.07, 6.45) is 0.803. The Kier molecular flexibility index (Phi) is 3.49. The molecular formula is C16H17NO2S. The van der Waals surface area contributed by atoms with Gasteiger partial charge in [-0.1, -0.05) is 24.3 Å². The topological polar surface area (TPSA) is 52.3 Å². The zero-order valence-corrected chi connectivity index (χ0v) is 12.2. The van der Waals surface area contributed by atoms with Crippen LogP contribution in [0.5, 0.6) is 5.75 Å². The number of hydrogen-bond donors (Lipinski definition) is 1. The molecule has 2 aromatic carbocycles. The summed E-state index contributed by atoms with van der Waals surface area (Å²) >= 11 is 0. The minimum Gasteiger partial charge on any atom is -0.489 e. The first-order valence-electron chi connectivity index (χ1n) is 6.62. The minimum absolute atomic E-state index is 0.0194. The van der Waals surface area contributed by atoms with E-state index in [4.69, 9.17) is 10.5 Å². The third kappa shape index (κ3) is 2.56. The molecule has 1 aliphatic rings. The van der Waals surface area contributed by atoms with E-state index >= 15 is 0 Å². The van der Waals surface area contributed by atoms with Gasteiger partial charge in [0, 0.05) is 17.0 Å². The lowest BCUT2D eigenvalue weighted by Gasteiger charge is -2.12. The number of nitrogen functional groups attached to an aromatic ring is 1. The van der Waals surface area contributed by atoms with Crippen LogP contribution in [0.3, 0.4) is 0 Å². The summed E-state index contributed by atoms with van der Waals surface area (Å²) in [5, 5.41) is 0. The molecule has 104 valence electrons. The molecule has 3 rings (SSSR count). The van der Waals surface area contributed by atoms with Crippen LogP contribution in [0.4, 0.5) is 5.69 Å². The van der Waals surface area contributed by atoms with Crippen LogP contribution >= 0.6 is 0 Å². The second kappa shape index (κ2) is 5.29. The Hall–Kier alpha value is -1.81. The molecule has 0 amide bonds. The molecule has 2 aromatic rings. The average molecular weight is 287 g/mol. The fourth-order valence-electron chi connectivity index (χ4n) is 2.47. The second-order valence-corrected chi connectivity index (χ2v) is 6.55. The highest BCUT2D eigenvalue weighted by Crippen LogP contribution is 2.29. The van der Waals surface area contributed by atoms with Gasteiger partial charge in [-0.2, -0.15) is 0 Å². The quantitative estimate of drug-likeness (QED) is 0.883. The van der Waals surface area contributed by atoms with E-state index in [1.165, 1.54) is 5.56 Å². The molecule has 1 aliphatic heterocycles. The maximum atomic E-state index is 12.5. The number of fused-ring (bicyclic) bond motifs is 1. The maximum absolute atomic E-state index is 12.5. The number of nitrogens with two attached hydrogens (primary N) is 1. The van der Waals surface area contributed by atoms with Gasteiger partial charge in [0.1, 0.15) is 11.9 Å². The van der Waals surface area contributed by atoms with Crippen molar-refractivity contribution in [3.05, 3.63) is 53.6 Å². The van der Waals surface area contributed by atoms with Gasteiger partial charge in [-0.3, -0.25) is 4.21 Å². The fraction of sp³-hybridized carbons (Fsp3) is 0.250. The number of ether oxygens (including phenoxy) is 1. The van der Waals surface area contributed by atoms with Crippen LogP contribution in [0, 0.1) is 6.92 Å². The Morgan fingerprint density at radius 2 is 2.10 bits per heavy atom. The van der Waals surface area contributed by atoms with Crippen molar-refractivity contribution >= 4 is 16.5 Å². The predicted molar refractivity (Wildman–Crippen MR) is 81.4 cm³/mol. The van der Waals surface area contributed by atoms with Crippen molar-refractivity contribution in [1.29, 1.82) is 0 Å². The van der Waals surface area contributed by atoms with Crippen molar-refractivity contribution in [1.82, 2.24) is 0 Å². The summed E-state index contributed by atoms with van der Waals surface area (Å²) in [5.74, 6) is 1.41. The van der Waals surface area contributed by atoms with Gasteiger partial charge in [0.15, 0.2) is 0 Å². The van der Waals surface area contributed by atoms with Gasteiger partial charge >= 0.3 is 0 Å². The van der Waals surface area contributed by atoms with E-state index in [1.807, 2.05) is 37.3 Å². The number of hydrogen-bond acceptors (Lipinski definition) is 3. The Bertz CT molecular complexity index is 644. The van der Waals surface area contributed by atoms with Crippen LogP contribution < -0.4 is 10.5 Å². The van der Waals surface area contributed by atoms with Gasteiger partial charge in [-0.25, -0.2) is 0 Å². The van der Waals surface area contributed by atoms with E-state index in [0.29, 0.717) is 11.4 Å². The van der Waals surface area contributed by atoms with Crippen molar-refractivity contribution < 1.29 is 8.95 Å². The Balaban J connectivity index is 1.74. The van der Waals surface area contributed by atoms with Crippen LogP contribution in [-0.4, -0.2) is 16.1 Å². The molecule has 0 spiro atoms. The molecular weight excluding hydrogens is 270 g/mol. The summed E-state index contributed by atoms with van der Waals surface area (Å²) in [5.41, 5.74) is 8.63. The maximum Gasteiger partial charge on any atom is 0.123 e. The first kappa shape index (κ1) is 13.2. The van der Waals surface area contributed by atoms with E-state index < -0.39 is 10.8 Å². The van der Waals surface area contributed by atoms with E-state index in [9.17, 15) is 4.21 Å². The second-order valence-electron chi connectivity index (χ2n) is 5.09. The Morgan fingerprint density at radius 3 is 2.90 bits per heavy atom. The monoisotopic (exact) mass is 287 g/mol. The summed E-state index contributed by atoms with van der Waals surface area (Å²) in [6, 6.07) is 13.5. The number of aryl methyl sites for hydroxylation is 1. The highest BCUT2D eigenvalue weighted by Gasteiger charge is 2.25. The van der Waals surface area contributed by atoms with Crippen LogP contribution in [-0.2, 0) is 17.2 Å². The van der Waals surface area contributed by atoms with Crippen molar-refractivity contribution in [2.45, 2.75) is 24.3 Å². The molecule has 2 N–H and O–H groups in total. The minimum atomic E-state index is -1.09. The summed E-state index contributed by atoms with van der Waals surface area (Å²) in [6.45, 7) is 1.96. The van der Waals surface area contributed by atoms with Gasteiger partial charge in [0.2, 0.25) is 0 Å². The van der Waals surface area contributed by atoms with E-state index in [-0.39, 0.29) is 6.10 Å². The van der Waals surface area contributed by atoms with Crippen LogP contribution in [0.2, 0.25) is 0 Å². The third-order valence-electron chi connectivity index (χ3n) is 3.51. The molecule has 3 nitrogen and oxygen atoms in total. The molecule has 0 saturated carbocycles. The number of anilines is 1. The van der Waals surface area contributed by atoms with Crippen LogP contribution in [0.25, 0.3) is 0 Å². The largest absolute Gasteiger partial charge is 0.489 e. The lowest BCUT2D eigenvalue weighted by molar-refractivity contribution is 0.258. The normalized spacial score (nSPS) is 18.4. The molecule has 4 heteroatoms. The number of para-hydroxylation sites is 1. The average Bonchev–Trinajstić information content (AvgIpc) is 2.83. The van der Waals surface area contributed by atoms with Gasteiger partial charge in [-0.15, -0.1) is 0 Å². The van der Waals surface area contributed by atoms with Crippen molar-refractivity contribution in [3.8, 4) is 5.75 Å². The van der Waals surface area contributed by atoms with Crippen LogP contribution in [0.1, 0.15) is 11.1 Å². The summed E-state index contributed by atoms with van der Waals surface area (Å²) < 4.78 is 18.3. The van der Waals surface area contributed by atoms with Gasteiger partial charge in [0.25, 0.3) is 0 Å². The van der Waals surface area contributed by atoms with Gasteiger partial charge in [0.05, 0.1) is 16.6 Å². The smallest absolute Gasteiger partial charge is 0.123 e. The van der Waals surface area contributed by atoms with Gasteiger partial charge in [-0.05, 0) is 36.2 Å². The van der Waals surface area contributed by atoms with E-state index in [2.05, 4.69) is 6.07 Å². The summed E-state index contributed by atoms with van der Waals surface area (Å²) in [7, 11) is -1.09. The molecule has 0 radical (unpaired) electrons. The SMILES string of the molecule is Cc1ccc(N)cc1S(=O)CC1Cc2ccccc2O1. The van der Waals surface area contributed by atoms with E-state index in [0.717, 1.165) is 22.6 Å². The molecule has 0 aliphatic carbocycles. The standard InChI is InChI=1S/C16H17NO2S/c1-11-6-7-13(17)9-16(11)20(18)10-14-8-12-4-2-3-5-15(12)19-14/h2-7,9,14H,8,10,17H2,1H3. The highest BCUT2D eigenvalue weighted by molar-refractivity contribution is 7.85. The van der Waals surface area contributed by atoms with E-state index in [1.54, 1.807) is 6.07 Å². The molecule has 0 bridgehead atoms. The summed E-state index contributed by atoms with van der Waals surface area (Å²) in [4.78, 5) is 0.810. The first-order valence-corrected chi connectivity index (χ1v) is 7.94. The van der Waals surface area contributed by atoms with Crippen molar-refractivity contribution in [2.24, 2.45) is 0 Å². The van der Waals surface area contributed by atoms with Crippen LogP contribution in [0.15, 0.2) is 47.4 Å². The first-order chi connectivity index (χ1) is 9.63. The zero-order chi connectivity index (χ0) is 14.1. The Labute approximate surface area is 121 Å². The third-order valence-corrected chi connectivity index (χ3v) is 5.11.